The van der Waals surface area contributed by atoms with Crippen LogP contribution in [0, 0.1) is 0 Å². The van der Waals surface area contributed by atoms with E-state index in [1.165, 1.54) is 24.0 Å². The summed E-state index contributed by atoms with van der Waals surface area (Å²) in [6.45, 7) is 4.86. The minimum Gasteiger partial charge on any atom is -0.494 e. The third-order valence-corrected chi connectivity index (χ3v) is 4.70. The quantitative estimate of drug-likeness (QED) is 0.817. The van der Waals surface area contributed by atoms with Crippen molar-refractivity contribution in [3.8, 4) is 11.5 Å². The number of carbonyl (C=O) groups is 1. The SMILES string of the molecule is CCOc1ccc(CNC(=O)[C@@H](C)Oc2ccc3c(c2)CCCC3)cc1. The molecule has 0 radical (unpaired) electrons. The number of hydrogen-bond acceptors (Lipinski definition) is 3. The van der Waals surface area contributed by atoms with Gasteiger partial charge in [-0.15, -0.1) is 0 Å². The third kappa shape index (κ3) is 4.78. The van der Waals surface area contributed by atoms with Crippen LogP contribution in [0.4, 0.5) is 0 Å². The second-order valence-corrected chi connectivity index (χ2v) is 6.69. The molecular weight excluding hydrogens is 326 g/mol. The second-order valence-electron chi connectivity index (χ2n) is 6.69. The van der Waals surface area contributed by atoms with Crippen LogP contribution in [0.15, 0.2) is 42.5 Å². The van der Waals surface area contributed by atoms with E-state index < -0.39 is 6.10 Å². The van der Waals surface area contributed by atoms with Crippen molar-refractivity contribution in [2.75, 3.05) is 6.61 Å². The van der Waals surface area contributed by atoms with Crippen molar-refractivity contribution in [2.24, 2.45) is 0 Å². The Morgan fingerprint density at radius 3 is 2.46 bits per heavy atom. The third-order valence-electron chi connectivity index (χ3n) is 4.70. The maximum absolute atomic E-state index is 12.3. The van der Waals surface area contributed by atoms with Gasteiger partial charge < -0.3 is 14.8 Å². The van der Waals surface area contributed by atoms with E-state index >= 15 is 0 Å². The number of carbonyl (C=O) groups excluding carboxylic acids is 1. The molecule has 0 aliphatic heterocycles. The van der Waals surface area contributed by atoms with E-state index in [4.69, 9.17) is 9.47 Å². The van der Waals surface area contributed by atoms with Gasteiger partial charge in [0.05, 0.1) is 6.61 Å². The summed E-state index contributed by atoms with van der Waals surface area (Å²) in [4.78, 5) is 12.3. The number of nitrogens with one attached hydrogen (secondary N) is 1. The van der Waals surface area contributed by atoms with E-state index in [0.29, 0.717) is 13.2 Å². The van der Waals surface area contributed by atoms with Gasteiger partial charge >= 0.3 is 0 Å². The zero-order valence-corrected chi connectivity index (χ0v) is 15.6. The van der Waals surface area contributed by atoms with Crippen molar-refractivity contribution < 1.29 is 14.3 Å². The Morgan fingerprint density at radius 2 is 1.73 bits per heavy atom. The predicted molar refractivity (Wildman–Crippen MR) is 103 cm³/mol. The van der Waals surface area contributed by atoms with Crippen LogP contribution < -0.4 is 14.8 Å². The van der Waals surface area contributed by atoms with Gasteiger partial charge in [0, 0.05) is 6.54 Å². The molecule has 4 heteroatoms. The van der Waals surface area contributed by atoms with Crippen molar-refractivity contribution in [2.45, 2.75) is 52.2 Å². The Morgan fingerprint density at radius 1 is 1.04 bits per heavy atom. The van der Waals surface area contributed by atoms with Crippen molar-refractivity contribution in [1.29, 1.82) is 0 Å². The highest BCUT2D eigenvalue weighted by atomic mass is 16.5. The molecular formula is C22H27NO3. The lowest BCUT2D eigenvalue weighted by Gasteiger charge is -2.19. The van der Waals surface area contributed by atoms with Gasteiger partial charge in [-0.1, -0.05) is 18.2 Å². The number of aryl methyl sites for hydroxylation is 2. The molecule has 1 aliphatic carbocycles. The molecule has 0 bridgehead atoms. The van der Waals surface area contributed by atoms with Crippen LogP contribution in [-0.2, 0) is 24.2 Å². The van der Waals surface area contributed by atoms with Gasteiger partial charge in [0.1, 0.15) is 11.5 Å². The fourth-order valence-electron chi connectivity index (χ4n) is 3.24. The monoisotopic (exact) mass is 353 g/mol. The van der Waals surface area contributed by atoms with Crippen LogP contribution >= 0.6 is 0 Å². The lowest BCUT2D eigenvalue weighted by Crippen LogP contribution is -2.35. The van der Waals surface area contributed by atoms with E-state index in [1.54, 1.807) is 6.92 Å². The lowest BCUT2D eigenvalue weighted by molar-refractivity contribution is -0.127. The number of benzene rings is 2. The standard InChI is InChI=1S/C22H27NO3/c1-3-25-20-11-8-17(9-12-20)15-23-22(24)16(2)26-21-13-10-18-6-4-5-7-19(18)14-21/h8-14,16H,3-7,15H2,1-2H3,(H,23,24)/t16-/m1/s1. The molecule has 2 aromatic carbocycles. The summed E-state index contributed by atoms with van der Waals surface area (Å²) in [7, 11) is 0. The number of hydrogen-bond donors (Lipinski definition) is 1. The minimum absolute atomic E-state index is 0.114. The van der Waals surface area contributed by atoms with Crippen LogP contribution in [0.1, 0.15) is 43.4 Å². The zero-order valence-electron chi connectivity index (χ0n) is 15.6. The fraction of sp³-hybridized carbons (Fsp3) is 0.409. The van der Waals surface area contributed by atoms with E-state index in [2.05, 4.69) is 17.4 Å². The summed E-state index contributed by atoms with van der Waals surface area (Å²) < 4.78 is 11.3. The first kappa shape index (κ1) is 18.3. The van der Waals surface area contributed by atoms with Gasteiger partial charge in [0.15, 0.2) is 6.10 Å². The first-order valence-corrected chi connectivity index (χ1v) is 9.43. The maximum atomic E-state index is 12.3. The van der Waals surface area contributed by atoms with E-state index in [-0.39, 0.29) is 5.91 Å². The van der Waals surface area contributed by atoms with Gasteiger partial charge in [-0.3, -0.25) is 4.79 Å². The zero-order chi connectivity index (χ0) is 18.4. The maximum Gasteiger partial charge on any atom is 0.261 e. The first-order valence-electron chi connectivity index (χ1n) is 9.43. The molecule has 0 saturated heterocycles. The van der Waals surface area contributed by atoms with Crippen LogP contribution in [0.3, 0.4) is 0 Å². The highest BCUT2D eigenvalue weighted by molar-refractivity contribution is 5.80. The molecule has 1 atom stereocenters. The Kier molecular flexibility index (Phi) is 6.16. The van der Waals surface area contributed by atoms with Crippen LogP contribution in [-0.4, -0.2) is 18.6 Å². The van der Waals surface area contributed by atoms with Crippen LogP contribution in [0.25, 0.3) is 0 Å². The van der Waals surface area contributed by atoms with Crippen molar-refractivity contribution in [3.05, 3.63) is 59.2 Å². The van der Waals surface area contributed by atoms with Crippen molar-refractivity contribution in [3.63, 3.8) is 0 Å². The van der Waals surface area contributed by atoms with Gasteiger partial charge in [0.2, 0.25) is 0 Å². The number of fused-ring (bicyclic) bond motifs is 1. The summed E-state index contributed by atoms with van der Waals surface area (Å²) in [6, 6.07) is 13.9. The Labute approximate surface area is 155 Å². The molecule has 0 unspecified atom stereocenters. The van der Waals surface area contributed by atoms with E-state index in [9.17, 15) is 4.79 Å². The molecule has 0 saturated carbocycles. The topological polar surface area (TPSA) is 47.6 Å². The largest absolute Gasteiger partial charge is 0.494 e. The number of ether oxygens (including phenoxy) is 2. The molecule has 0 aromatic heterocycles. The smallest absolute Gasteiger partial charge is 0.261 e. The summed E-state index contributed by atoms with van der Waals surface area (Å²) in [6.07, 6.45) is 4.21. The molecule has 2 aromatic rings. The number of amides is 1. The average molecular weight is 353 g/mol. The molecule has 0 heterocycles. The molecule has 1 N–H and O–H groups in total. The van der Waals surface area contributed by atoms with Gasteiger partial charge in [0.25, 0.3) is 5.91 Å². The molecule has 3 rings (SSSR count). The molecule has 1 aliphatic rings. The van der Waals surface area contributed by atoms with Gasteiger partial charge in [-0.25, -0.2) is 0 Å². The molecule has 0 fully saturated rings. The Hall–Kier alpha value is -2.49. The molecule has 26 heavy (non-hydrogen) atoms. The van der Waals surface area contributed by atoms with Crippen LogP contribution in [0.5, 0.6) is 11.5 Å². The van der Waals surface area contributed by atoms with Crippen LogP contribution in [0.2, 0.25) is 0 Å². The molecule has 0 spiro atoms. The number of rotatable bonds is 7. The van der Waals surface area contributed by atoms with Gasteiger partial charge in [-0.05, 0) is 80.5 Å². The summed E-state index contributed by atoms with van der Waals surface area (Å²) in [5.41, 5.74) is 3.80. The van der Waals surface area contributed by atoms with Crippen molar-refractivity contribution in [1.82, 2.24) is 5.32 Å². The lowest BCUT2D eigenvalue weighted by atomic mass is 9.92. The minimum atomic E-state index is -0.528. The fourth-order valence-corrected chi connectivity index (χ4v) is 3.24. The highest BCUT2D eigenvalue weighted by Crippen LogP contribution is 2.25. The van der Waals surface area contributed by atoms with E-state index in [0.717, 1.165) is 29.9 Å². The Bertz CT molecular complexity index is 740. The van der Waals surface area contributed by atoms with Gasteiger partial charge in [-0.2, -0.15) is 0 Å². The summed E-state index contributed by atoms with van der Waals surface area (Å²) >= 11 is 0. The molecule has 138 valence electrons. The average Bonchev–Trinajstić information content (AvgIpc) is 2.67. The summed E-state index contributed by atoms with van der Waals surface area (Å²) in [5, 5.41) is 2.93. The highest BCUT2D eigenvalue weighted by Gasteiger charge is 2.16. The molecule has 1 amide bonds. The Balaban J connectivity index is 1.51. The normalized spacial score (nSPS) is 14.2. The second kappa shape index (κ2) is 8.75. The summed E-state index contributed by atoms with van der Waals surface area (Å²) in [5.74, 6) is 1.50. The first-order chi connectivity index (χ1) is 12.7. The van der Waals surface area contributed by atoms with E-state index in [1.807, 2.05) is 37.3 Å². The predicted octanol–water partition coefficient (Wildman–Crippen LogP) is 4.05. The van der Waals surface area contributed by atoms with Crippen molar-refractivity contribution >= 4 is 5.91 Å². The molecule has 4 nitrogen and oxygen atoms in total.